The minimum Gasteiger partial charge on any atom is -0.276 e. The fraction of sp³-hybridized carbons (Fsp3) is 0.318. The molecule has 0 saturated carbocycles. The van der Waals surface area contributed by atoms with Crippen molar-refractivity contribution in [2.45, 2.75) is 52.0 Å². The molecule has 3 rings (SSSR count). The number of hydrogen-bond donors (Lipinski definition) is 1. The van der Waals surface area contributed by atoms with Gasteiger partial charge in [-0.15, -0.1) is 0 Å². The van der Waals surface area contributed by atoms with Gasteiger partial charge in [-0.1, -0.05) is 55.3 Å². The number of aryl methyl sites for hydroxylation is 3. The number of nitrogens with one attached hydrogen (secondary N) is 1. The number of aromatic nitrogens is 2. The predicted molar refractivity (Wildman–Crippen MR) is 113 cm³/mol. The van der Waals surface area contributed by atoms with E-state index in [4.69, 9.17) is 0 Å². The Bertz CT molecular complexity index is 1050. The highest BCUT2D eigenvalue weighted by atomic mass is 32.2. The number of hydrogen-bond acceptors (Lipinski definition) is 3. The number of sulfonamides is 1. The fourth-order valence-corrected chi connectivity index (χ4v) is 4.36. The molecule has 0 unspecified atom stereocenters. The van der Waals surface area contributed by atoms with Gasteiger partial charge in [0.25, 0.3) is 10.0 Å². The van der Waals surface area contributed by atoms with E-state index in [2.05, 4.69) is 47.9 Å². The molecule has 148 valence electrons. The zero-order valence-electron chi connectivity index (χ0n) is 16.9. The molecule has 5 nitrogen and oxygen atoms in total. The van der Waals surface area contributed by atoms with Crippen molar-refractivity contribution in [3.8, 4) is 0 Å². The smallest absolute Gasteiger partial charge is 0.262 e. The molecule has 0 aliphatic carbocycles. The van der Waals surface area contributed by atoms with Gasteiger partial charge < -0.3 is 0 Å². The predicted octanol–water partition coefficient (Wildman–Crippen LogP) is 4.61. The third-order valence-corrected chi connectivity index (χ3v) is 6.21. The maximum Gasteiger partial charge on any atom is 0.262 e. The number of nitrogens with zero attached hydrogens (tertiary/aromatic N) is 2. The van der Waals surface area contributed by atoms with Crippen molar-refractivity contribution in [1.82, 2.24) is 9.78 Å². The van der Waals surface area contributed by atoms with Crippen LogP contribution in [0.3, 0.4) is 0 Å². The molecule has 6 heteroatoms. The minimum atomic E-state index is -3.66. The van der Waals surface area contributed by atoms with E-state index in [1.54, 1.807) is 12.1 Å². The van der Waals surface area contributed by atoms with E-state index in [0.29, 0.717) is 17.9 Å². The van der Waals surface area contributed by atoms with Crippen molar-refractivity contribution in [3.63, 3.8) is 0 Å². The van der Waals surface area contributed by atoms with Gasteiger partial charge in [-0.05, 0) is 50.5 Å². The van der Waals surface area contributed by atoms with Gasteiger partial charge in [-0.25, -0.2) is 8.42 Å². The second-order valence-corrected chi connectivity index (χ2v) is 8.87. The summed E-state index contributed by atoms with van der Waals surface area (Å²) >= 11 is 0. The summed E-state index contributed by atoms with van der Waals surface area (Å²) in [6.45, 7) is 8.46. The maximum absolute atomic E-state index is 12.8. The highest BCUT2D eigenvalue weighted by Gasteiger charge is 2.20. The molecule has 0 aliphatic heterocycles. The normalized spacial score (nSPS) is 11.6. The first-order valence-electron chi connectivity index (χ1n) is 9.51. The Morgan fingerprint density at radius 3 is 2.14 bits per heavy atom. The molecule has 0 bridgehead atoms. The summed E-state index contributed by atoms with van der Waals surface area (Å²) in [6.07, 6.45) is 1.97. The second kappa shape index (κ2) is 8.19. The maximum atomic E-state index is 12.8. The van der Waals surface area contributed by atoms with Crippen LogP contribution in [0.15, 0.2) is 53.4 Å². The van der Waals surface area contributed by atoms with Crippen LogP contribution in [0.4, 0.5) is 5.69 Å². The third-order valence-electron chi connectivity index (χ3n) is 4.84. The quantitative estimate of drug-likeness (QED) is 0.633. The second-order valence-electron chi connectivity index (χ2n) is 7.19. The number of anilines is 1. The molecule has 0 atom stereocenters. The van der Waals surface area contributed by atoms with E-state index in [-0.39, 0.29) is 4.90 Å². The van der Waals surface area contributed by atoms with E-state index in [9.17, 15) is 8.42 Å². The summed E-state index contributed by atoms with van der Waals surface area (Å²) in [7, 11) is -3.66. The molecular formula is C22H27N3O2S. The van der Waals surface area contributed by atoms with Crippen molar-refractivity contribution in [3.05, 3.63) is 76.6 Å². The molecule has 3 aromatic rings. The molecule has 0 radical (unpaired) electrons. The molecule has 0 aliphatic rings. The van der Waals surface area contributed by atoms with E-state index < -0.39 is 10.0 Å². The zero-order chi connectivity index (χ0) is 20.3. The Kier molecular flexibility index (Phi) is 5.89. The SMILES string of the molecule is CCCc1ccc(S(=O)(=O)Nc2c(C)nn(Cc3ccc(C)cc3)c2C)cc1. The molecule has 28 heavy (non-hydrogen) atoms. The lowest BCUT2D eigenvalue weighted by molar-refractivity contribution is 0.601. The highest BCUT2D eigenvalue weighted by Crippen LogP contribution is 2.24. The molecule has 1 N–H and O–H groups in total. The van der Waals surface area contributed by atoms with Crippen LogP contribution in [0.25, 0.3) is 0 Å². The molecule has 1 aromatic heterocycles. The Balaban J connectivity index is 1.83. The van der Waals surface area contributed by atoms with Crippen LogP contribution >= 0.6 is 0 Å². The summed E-state index contributed by atoms with van der Waals surface area (Å²) in [6, 6.07) is 15.3. The van der Waals surface area contributed by atoms with E-state index >= 15 is 0 Å². The van der Waals surface area contributed by atoms with Crippen molar-refractivity contribution >= 4 is 15.7 Å². The lowest BCUT2D eigenvalue weighted by atomic mass is 10.1. The van der Waals surface area contributed by atoms with E-state index in [1.165, 1.54) is 5.56 Å². The average molecular weight is 398 g/mol. The van der Waals surface area contributed by atoms with Crippen LogP contribution in [0.5, 0.6) is 0 Å². The van der Waals surface area contributed by atoms with Crippen molar-refractivity contribution in [1.29, 1.82) is 0 Å². The zero-order valence-corrected chi connectivity index (χ0v) is 17.7. The van der Waals surface area contributed by atoms with Crippen LogP contribution in [-0.2, 0) is 23.0 Å². The molecule has 2 aromatic carbocycles. The lowest BCUT2D eigenvalue weighted by Gasteiger charge is -2.10. The van der Waals surface area contributed by atoms with Crippen LogP contribution in [-0.4, -0.2) is 18.2 Å². The van der Waals surface area contributed by atoms with Crippen molar-refractivity contribution in [2.24, 2.45) is 0 Å². The molecule has 0 spiro atoms. The Morgan fingerprint density at radius 2 is 1.54 bits per heavy atom. The van der Waals surface area contributed by atoms with Crippen LogP contribution in [0.1, 0.15) is 41.4 Å². The molecule has 1 heterocycles. The molecule has 0 saturated heterocycles. The van der Waals surface area contributed by atoms with Crippen LogP contribution in [0, 0.1) is 20.8 Å². The Morgan fingerprint density at radius 1 is 0.929 bits per heavy atom. The van der Waals surface area contributed by atoms with Gasteiger partial charge >= 0.3 is 0 Å². The van der Waals surface area contributed by atoms with Gasteiger partial charge in [0.05, 0.1) is 28.5 Å². The highest BCUT2D eigenvalue weighted by molar-refractivity contribution is 7.92. The average Bonchev–Trinajstić information content (AvgIpc) is 2.91. The first-order valence-corrected chi connectivity index (χ1v) is 11.0. The van der Waals surface area contributed by atoms with Crippen LogP contribution in [0.2, 0.25) is 0 Å². The first kappa shape index (κ1) is 20.1. The Labute approximate surface area is 167 Å². The summed E-state index contributed by atoms with van der Waals surface area (Å²) in [4.78, 5) is 0.262. The fourth-order valence-electron chi connectivity index (χ4n) is 3.18. The van der Waals surface area contributed by atoms with Gasteiger partial charge in [0.1, 0.15) is 0 Å². The number of benzene rings is 2. The van der Waals surface area contributed by atoms with Crippen LogP contribution < -0.4 is 4.72 Å². The monoisotopic (exact) mass is 397 g/mol. The largest absolute Gasteiger partial charge is 0.276 e. The summed E-state index contributed by atoms with van der Waals surface area (Å²) in [5, 5.41) is 4.53. The first-order chi connectivity index (χ1) is 13.3. The summed E-state index contributed by atoms with van der Waals surface area (Å²) in [5.74, 6) is 0. The Hall–Kier alpha value is -2.60. The van der Waals surface area contributed by atoms with Crippen molar-refractivity contribution in [2.75, 3.05) is 4.72 Å². The topological polar surface area (TPSA) is 64.0 Å². The van der Waals surface area contributed by atoms with Gasteiger partial charge in [0, 0.05) is 0 Å². The van der Waals surface area contributed by atoms with E-state index in [1.807, 2.05) is 30.7 Å². The van der Waals surface area contributed by atoms with E-state index in [0.717, 1.165) is 29.7 Å². The summed E-state index contributed by atoms with van der Waals surface area (Å²) in [5.41, 5.74) is 5.47. The molecular weight excluding hydrogens is 370 g/mol. The number of rotatable bonds is 7. The summed E-state index contributed by atoms with van der Waals surface area (Å²) < 4.78 is 30.2. The van der Waals surface area contributed by atoms with Crippen molar-refractivity contribution < 1.29 is 8.42 Å². The van der Waals surface area contributed by atoms with Gasteiger partial charge in [-0.2, -0.15) is 5.10 Å². The molecule has 0 fully saturated rings. The minimum absolute atomic E-state index is 0.262. The third kappa shape index (κ3) is 4.44. The lowest BCUT2D eigenvalue weighted by Crippen LogP contribution is -2.14. The van der Waals surface area contributed by atoms with Gasteiger partial charge in [-0.3, -0.25) is 9.40 Å². The van der Waals surface area contributed by atoms with Gasteiger partial charge in [0.2, 0.25) is 0 Å². The molecule has 0 amide bonds. The standard InChI is InChI=1S/C22H27N3O2S/c1-5-6-19-11-13-21(14-12-19)28(26,27)24-22-17(3)23-25(18(22)4)15-20-9-7-16(2)8-10-20/h7-14,24H,5-6,15H2,1-4H3. The van der Waals surface area contributed by atoms with Gasteiger partial charge in [0.15, 0.2) is 0 Å².